The number of rotatable bonds is 3. The molecule has 0 atom stereocenters. The Labute approximate surface area is 157 Å². The molecule has 0 fully saturated rings. The third-order valence-corrected chi connectivity index (χ3v) is 5.17. The van der Waals surface area contributed by atoms with Crippen molar-refractivity contribution in [2.45, 2.75) is 0 Å². The Hall–Kier alpha value is -3.59. The van der Waals surface area contributed by atoms with Gasteiger partial charge in [0.15, 0.2) is 17.3 Å². The molecule has 1 aromatic heterocycles. The lowest BCUT2D eigenvalue weighted by Crippen LogP contribution is -2.20. The Morgan fingerprint density at radius 1 is 1.15 bits per heavy atom. The van der Waals surface area contributed by atoms with Crippen LogP contribution in [-0.2, 0) is 4.79 Å². The quantitative estimate of drug-likeness (QED) is 0.402. The van der Waals surface area contributed by atoms with Crippen LogP contribution in [-0.4, -0.2) is 43.9 Å². The van der Waals surface area contributed by atoms with E-state index >= 15 is 0 Å². The molecule has 0 unspecified atom stereocenters. The van der Waals surface area contributed by atoms with Gasteiger partial charge in [0.05, 0.1) is 22.0 Å². The first-order valence-corrected chi connectivity index (χ1v) is 8.71. The molecule has 0 saturated carbocycles. The van der Waals surface area contributed by atoms with Gasteiger partial charge in [-0.25, -0.2) is 9.99 Å². The van der Waals surface area contributed by atoms with Gasteiger partial charge in [0.1, 0.15) is 17.4 Å². The standard InChI is InChI=1S/C18H14N4O4S/c19-17-14(18-21-10-3-1-2-4-13(10)27-18)12(24)8-22(17)20-7-9-5-6-11(23)16(26)15(9)25/h1-7,23,25-26H,8,19H2/b20-7+. The Bertz CT molecular complexity index is 1100. The van der Waals surface area contributed by atoms with Gasteiger partial charge in [-0.1, -0.05) is 12.1 Å². The van der Waals surface area contributed by atoms with Crippen LogP contribution in [0.5, 0.6) is 17.2 Å². The van der Waals surface area contributed by atoms with E-state index in [0.29, 0.717) is 10.6 Å². The number of hydrogen-bond acceptors (Lipinski definition) is 9. The molecule has 8 nitrogen and oxygen atoms in total. The molecule has 2 heterocycles. The number of ketones is 1. The van der Waals surface area contributed by atoms with Crippen molar-refractivity contribution in [2.24, 2.45) is 10.8 Å². The van der Waals surface area contributed by atoms with Crippen LogP contribution < -0.4 is 5.73 Å². The molecule has 1 aliphatic rings. The van der Waals surface area contributed by atoms with E-state index in [4.69, 9.17) is 5.73 Å². The number of hydrazone groups is 1. The van der Waals surface area contributed by atoms with Crippen molar-refractivity contribution in [3.63, 3.8) is 0 Å². The van der Waals surface area contributed by atoms with Gasteiger partial charge in [-0.05, 0) is 24.3 Å². The average molecular weight is 382 g/mol. The summed E-state index contributed by atoms with van der Waals surface area (Å²) in [5.74, 6) is -1.65. The Kier molecular flexibility index (Phi) is 3.93. The van der Waals surface area contributed by atoms with Crippen molar-refractivity contribution in [3.05, 3.63) is 52.8 Å². The summed E-state index contributed by atoms with van der Waals surface area (Å²) < 4.78 is 0.951. The third-order valence-electron chi connectivity index (χ3n) is 4.11. The number of carbonyl (C=O) groups excluding carboxylic acids is 1. The first-order valence-electron chi connectivity index (χ1n) is 7.90. The Morgan fingerprint density at radius 2 is 1.93 bits per heavy atom. The molecule has 0 spiro atoms. The van der Waals surface area contributed by atoms with E-state index in [1.807, 2.05) is 24.3 Å². The summed E-state index contributed by atoms with van der Waals surface area (Å²) in [7, 11) is 0. The van der Waals surface area contributed by atoms with Gasteiger partial charge < -0.3 is 21.1 Å². The molecular formula is C18H14N4O4S. The molecule has 4 rings (SSSR count). The zero-order chi connectivity index (χ0) is 19.1. The van der Waals surface area contributed by atoms with Crippen molar-refractivity contribution in [2.75, 3.05) is 6.54 Å². The Balaban J connectivity index is 1.67. The lowest BCUT2D eigenvalue weighted by atomic mass is 10.2. The summed E-state index contributed by atoms with van der Waals surface area (Å²) in [6.45, 7) is -0.0571. The summed E-state index contributed by atoms with van der Waals surface area (Å²) in [6.07, 6.45) is 1.25. The molecule has 0 aliphatic carbocycles. The Morgan fingerprint density at radius 3 is 2.70 bits per heavy atom. The first kappa shape index (κ1) is 16.9. The summed E-state index contributed by atoms with van der Waals surface area (Å²) in [4.78, 5) is 16.9. The van der Waals surface area contributed by atoms with Gasteiger partial charge in [0.2, 0.25) is 5.75 Å². The normalized spacial score (nSPS) is 14.8. The van der Waals surface area contributed by atoms with Gasteiger partial charge in [-0.15, -0.1) is 11.3 Å². The third kappa shape index (κ3) is 2.83. The van der Waals surface area contributed by atoms with Crippen molar-refractivity contribution in [1.29, 1.82) is 0 Å². The number of aromatic nitrogens is 1. The zero-order valence-electron chi connectivity index (χ0n) is 13.8. The van der Waals surface area contributed by atoms with Crippen LogP contribution in [0.3, 0.4) is 0 Å². The molecule has 0 saturated heterocycles. The summed E-state index contributed by atoms with van der Waals surface area (Å²) in [6, 6.07) is 10.1. The number of phenolic OH excluding ortho intramolecular Hbond substituents is 3. The van der Waals surface area contributed by atoms with E-state index < -0.39 is 17.2 Å². The van der Waals surface area contributed by atoms with E-state index in [2.05, 4.69) is 10.1 Å². The molecule has 0 bridgehead atoms. The molecule has 27 heavy (non-hydrogen) atoms. The fraction of sp³-hybridized carbons (Fsp3) is 0.0556. The molecule has 9 heteroatoms. The number of carbonyl (C=O) groups is 1. The predicted molar refractivity (Wildman–Crippen MR) is 101 cm³/mol. The average Bonchev–Trinajstić information content (AvgIpc) is 3.19. The number of nitrogens with zero attached hydrogens (tertiary/aromatic N) is 3. The lowest BCUT2D eigenvalue weighted by Gasteiger charge is -2.11. The van der Waals surface area contributed by atoms with Gasteiger partial charge in [-0.2, -0.15) is 5.10 Å². The van der Waals surface area contributed by atoms with Crippen molar-refractivity contribution >= 4 is 39.1 Å². The smallest absolute Gasteiger partial charge is 0.200 e. The molecule has 5 N–H and O–H groups in total. The van der Waals surface area contributed by atoms with Crippen molar-refractivity contribution < 1.29 is 20.1 Å². The number of Topliss-reactive ketones (excluding diaryl/α,β-unsaturated/α-hetero) is 1. The molecule has 0 radical (unpaired) electrons. The predicted octanol–water partition coefficient (Wildman–Crippen LogP) is 1.96. The van der Waals surface area contributed by atoms with E-state index in [9.17, 15) is 20.1 Å². The van der Waals surface area contributed by atoms with E-state index in [0.717, 1.165) is 10.2 Å². The van der Waals surface area contributed by atoms with Crippen molar-refractivity contribution in [3.8, 4) is 17.2 Å². The second-order valence-corrected chi connectivity index (χ2v) is 6.87. The number of para-hydroxylation sites is 1. The maximum atomic E-state index is 12.4. The molecule has 2 aromatic carbocycles. The number of benzene rings is 2. The van der Waals surface area contributed by atoms with Crippen LogP contribution >= 0.6 is 11.3 Å². The molecule has 1 aliphatic heterocycles. The molecular weight excluding hydrogens is 368 g/mol. The maximum Gasteiger partial charge on any atom is 0.200 e. The highest BCUT2D eigenvalue weighted by Gasteiger charge is 2.31. The minimum Gasteiger partial charge on any atom is -0.504 e. The van der Waals surface area contributed by atoms with E-state index in [1.165, 1.54) is 34.7 Å². The van der Waals surface area contributed by atoms with Crippen LogP contribution in [0.1, 0.15) is 10.6 Å². The molecule has 0 amide bonds. The maximum absolute atomic E-state index is 12.4. The second kappa shape index (κ2) is 6.29. The lowest BCUT2D eigenvalue weighted by molar-refractivity contribution is -0.113. The fourth-order valence-electron chi connectivity index (χ4n) is 2.70. The van der Waals surface area contributed by atoms with Crippen LogP contribution in [0.2, 0.25) is 0 Å². The summed E-state index contributed by atoms with van der Waals surface area (Å²) >= 11 is 1.38. The highest BCUT2D eigenvalue weighted by molar-refractivity contribution is 7.19. The SMILES string of the molecule is NC1=C(c2nc3ccccc3s2)C(=O)CN1/N=C/c1ccc(O)c(O)c1O. The van der Waals surface area contributed by atoms with Gasteiger partial charge >= 0.3 is 0 Å². The topological polar surface area (TPSA) is 132 Å². The number of hydrogen-bond donors (Lipinski definition) is 4. The van der Waals surface area contributed by atoms with Gasteiger partial charge in [0.25, 0.3) is 0 Å². The highest BCUT2D eigenvalue weighted by atomic mass is 32.1. The molecule has 136 valence electrons. The number of nitrogens with two attached hydrogens (primary N) is 1. The number of fused-ring (bicyclic) bond motifs is 1. The summed E-state index contributed by atoms with van der Waals surface area (Å²) in [5.41, 5.74) is 7.38. The van der Waals surface area contributed by atoms with Crippen LogP contribution in [0.15, 0.2) is 47.3 Å². The van der Waals surface area contributed by atoms with Crippen molar-refractivity contribution in [1.82, 2.24) is 9.99 Å². The van der Waals surface area contributed by atoms with Gasteiger partial charge in [0, 0.05) is 5.56 Å². The number of thiazole rings is 1. The molecule has 3 aromatic rings. The van der Waals surface area contributed by atoms with Crippen LogP contribution in [0.25, 0.3) is 15.8 Å². The van der Waals surface area contributed by atoms with Crippen LogP contribution in [0, 0.1) is 0 Å². The fourth-order valence-corrected chi connectivity index (χ4v) is 3.74. The second-order valence-electron chi connectivity index (χ2n) is 5.84. The van der Waals surface area contributed by atoms with E-state index in [1.54, 1.807) is 0 Å². The number of phenols is 3. The monoisotopic (exact) mass is 382 g/mol. The minimum absolute atomic E-state index is 0.0571. The van der Waals surface area contributed by atoms with Crippen LogP contribution in [0.4, 0.5) is 0 Å². The summed E-state index contributed by atoms with van der Waals surface area (Å²) in [5, 5.41) is 34.7. The zero-order valence-corrected chi connectivity index (χ0v) is 14.6. The van der Waals surface area contributed by atoms with Gasteiger partial charge in [-0.3, -0.25) is 4.79 Å². The largest absolute Gasteiger partial charge is 0.504 e. The first-order chi connectivity index (χ1) is 13.0. The minimum atomic E-state index is -0.643. The highest BCUT2D eigenvalue weighted by Crippen LogP contribution is 2.36. The van der Waals surface area contributed by atoms with E-state index in [-0.39, 0.29) is 23.7 Å². The number of aromatic hydroxyl groups is 3.